The van der Waals surface area contributed by atoms with Crippen molar-refractivity contribution in [1.29, 1.82) is 0 Å². The molecule has 0 amide bonds. The van der Waals surface area contributed by atoms with Gasteiger partial charge in [-0.1, -0.05) is 16.8 Å². The Kier molecular flexibility index (Phi) is 3.27. The maximum absolute atomic E-state index is 12.7. The Morgan fingerprint density at radius 3 is 2.76 bits per heavy atom. The summed E-state index contributed by atoms with van der Waals surface area (Å²) in [4.78, 5) is 15.9. The van der Waals surface area contributed by atoms with Crippen molar-refractivity contribution >= 4 is 11.6 Å². The van der Waals surface area contributed by atoms with Crippen LogP contribution in [0.2, 0.25) is 5.02 Å². The van der Waals surface area contributed by atoms with Crippen LogP contribution >= 0.6 is 11.6 Å². The van der Waals surface area contributed by atoms with E-state index in [2.05, 4.69) is 10.1 Å². The van der Waals surface area contributed by atoms with Gasteiger partial charge in [0.15, 0.2) is 5.82 Å². The topological polar surface area (TPSA) is 60.9 Å². The summed E-state index contributed by atoms with van der Waals surface area (Å²) in [6.07, 6.45) is -1.98. The van der Waals surface area contributed by atoms with Gasteiger partial charge in [-0.2, -0.15) is 18.2 Å². The highest BCUT2D eigenvalue weighted by molar-refractivity contribution is 6.30. The molecule has 1 fully saturated rings. The van der Waals surface area contributed by atoms with E-state index in [4.69, 9.17) is 16.1 Å². The van der Waals surface area contributed by atoms with Crippen LogP contribution < -0.4 is 5.56 Å². The molecule has 3 rings (SSSR count). The SMILES string of the molecule is O=c1c(Cl)cc(C(F)(F)F)cn1Cc1noc(C2CC2)n1. The molecule has 2 aromatic rings. The lowest BCUT2D eigenvalue weighted by Gasteiger charge is -2.10. The highest BCUT2D eigenvalue weighted by Gasteiger charge is 2.32. The lowest BCUT2D eigenvalue weighted by Crippen LogP contribution is -2.23. The average molecular weight is 320 g/mol. The second kappa shape index (κ2) is 4.87. The van der Waals surface area contributed by atoms with E-state index in [0.717, 1.165) is 17.4 Å². The van der Waals surface area contributed by atoms with Crippen LogP contribution in [0.15, 0.2) is 21.6 Å². The third-order valence-electron chi connectivity index (χ3n) is 3.09. The lowest BCUT2D eigenvalue weighted by molar-refractivity contribution is -0.138. The Morgan fingerprint density at radius 1 is 1.43 bits per heavy atom. The summed E-state index contributed by atoms with van der Waals surface area (Å²) in [6, 6.07) is 0.603. The Labute approximate surface area is 121 Å². The number of rotatable bonds is 3. The molecule has 0 radical (unpaired) electrons. The van der Waals surface area contributed by atoms with Crippen LogP contribution in [0.1, 0.15) is 36.0 Å². The number of alkyl halides is 3. The molecule has 2 aromatic heterocycles. The maximum Gasteiger partial charge on any atom is 0.417 e. The van der Waals surface area contributed by atoms with E-state index in [1.54, 1.807) is 0 Å². The minimum Gasteiger partial charge on any atom is -0.339 e. The number of aromatic nitrogens is 3. The molecular formula is C12H9ClF3N3O2. The normalized spacial score (nSPS) is 15.4. The monoisotopic (exact) mass is 319 g/mol. The van der Waals surface area contributed by atoms with Crippen LogP contribution in [0.5, 0.6) is 0 Å². The van der Waals surface area contributed by atoms with Crippen LogP contribution in [0, 0.1) is 0 Å². The summed E-state index contributed by atoms with van der Waals surface area (Å²) in [5.41, 5.74) is -1.74. The van der Waals surface area contributed by atoms with Crippen LogP contribution in [0.3, 0.4) is 0 Å². The van der Waals surface area contributed by atoms with Crippen molar-refractivity contribution < 1.29 is 17.7 Å². The van der Waals surface area contributed by atoms with Crippen molar-refractivity contribution in [2.75, 3.05) is 0 Å². The van der Waals surface area contributed by atoms with Crippen molar-refractivity contribution in [2.24, 2.45) is 0 Å². The van der Waals surface area contributed by atoms with Crippen LogP contribution in [0.25, 0.3) is 0 Å². The third kappa shape index (κ3) is 2.94. The van der Waals surface area contributed by atoms with Crippen molar-refractivity contribution in [3.63, 3.8) is 0 Å². The fourth-order valence-corrected chi connectivity index (χ4v) is 2.08. The molecule has 0 aliphatic heterocycles. The molecule has 0 bridgehead atoms. The van der Waals surface area contributed by atoms with Gasteiger partial charge >= 0.3 is 6.18 Å². The molecule has 0 unspecified atom stereocenters. The molecular weight excluding hydrogens is 311 g/mol. The molecule has 1 aliphatic carbocycles. The minimum absolute atomic E-state index is 0.148. The molecule has 0 saturated heterocycles. The van der Waals surface area contributed by atoms with Crippen molar-refractivity contribution in [1.82, 2.24) is 14.7 Å². The van der Waals surface area contributed by atoms with Gasteiger partial charge < -0.3 is 9.09 Å². The molecule has 1 saturated carbocycles. The molecule has 0 N–H and O–H groups in total. The van der Waals surface area contributed by atoms with Crippen LogP contribution in [-0.2, 0) is 12.7 Å². The zero-order valence-electron chi connectivity index (χ0n) is 10.5. The highest BCUT2D eigenvalue weighted by Crippen LogP contribution is 2.38. The Morgan fingerprint density at radius 2 is 2.14 bits per heavy atom. The summed E-state index contributed by atoms with van der Waals surface area (Å²) >= 11 is 5.56. The van der Waals surface area contributed by atoms with Gasteiger partial charge in [-0.15, -0.1) is 0 Å². The van der Waals surface area contributed by atoms with Gasteiger partial charge in [0.05, 0.1) is 12.1 Å². The number of hydrogen-bond donors (Lipinski definition) is 0. The number of pyridine rings is 1. The van der Waals surface area contributed by atoms with Gasteiger partial charge in [0.25, 0.3) is 5.56 Å². The second-order valence-electron chi connectivity index (χ2n) is 4.83. The summed E-state index contributed by atoms with van der Waals surface area (Å²) in [7, 11) is 0. The number of hydrogen-bond acceptors (Lipinski definition) is 4. The van der Waals surface area contributed by atoms with E-state index in [1.807, 2.05) is 0 Å². The van der Waals surface area contributed by atoms with E-state index >= 15 is 0 Å². The van der Waals surface area contributed by atoms with Gasteiger partial charge in [0.2, 0.25) is 5.89 Å². The largest absolute Gasteiger partial charge is 0.417 e. The lowest BCUT2D eigenvalue weighted by atomic mass is 10.2. The highest BCUT2D eigenvalue weighted by atomic mass is 35.5. The predicted molar refractivity (Wildman–Crippen MR) is 66.1 cm³/mol. The standard InChI is InChI=1S/C12H9ClF3N3O2/c13-8-3-7(12(14,15)16)4-19(11(8)20)5-9-17-10(21-18-9)6-1-2-6/h3-4,6H,1-2,5H2. The Bertz CT molecular complexity index is 734. The molecule has 0 aromatic carbocycles. The first-order valence-corrected chi connectivity index (χ1v) is 6.52. The fraction of sp³-hybridized carbons (Fsp3) is 0.417. The summed E-state index contributed by atoms with van der Waals surface area (Å²) in [5, 5.41) is 3.16. The number of nitrogens with zero attached hydrogens (tertiary/aromatic N) is 3. The Balaban J connectivity index is 1.93. The smallest absolute Gasteiger partial charge is 0.339 e. The molecule has 1 aliphatic rings. The molecule has 5 nitrogen and oxygen atoms in total. The minimum atomic E-state index is -4.59. The summed E-state index contributed by atoms with van der Waals surface area (Å²) in [5.74, 6) is 0.832. The van der Waals surface area contributed by atoms with E-state index in [-0.39, 0.29) is 18.3 Å². The molecule has 0 atom stereocenters. The van der Waals surface area contributed by atoms with Gasteiger partial charge in [0, 0.05) is 12.1 Å². The summed E-state index contributed by atoms with van der Waals surface area (Å²) in [6.45, 7) is -0.224. The first-order valence-electron chi connectivity index (χ1n) is 6.14. The average Bonchev–Trinajstić information content (AvgIpc) is 3.14. The van der Waals surface area contributed by atoms with Crippen LogP contribution in [0.4, 0.5) is 13.2 Å². The van der Waals surface area contributed by atoms with Gasteiger partial charge in [-0.3, -0.25) is 4.79 Å². The maximum atomic E-state index is 12.7. The van der Waals surface area contributed by atoms with Crippen molar-refractivity contribution in [2.45, 2.75) is 31.5 Å². The fourth-order valence-electron chi connectivity index (χ4n) is 1.85. The molecule has 9 heteroatoms. The Hall–Kier alpha value is -1.83. The van der Waals surface area contributed by atoms with E-state index in [1.165, 1.54) is 0 Å². The molecule has 2 heterocycles. The van der Waals surface area contributed by atoms with Crippen molar-refractivity contribution in [3.8, 4) is 0 Å². The quantitative estimate of drug-likeness (QED) is 0.873. The van der Waals surface area contributed by atoms with E-state index in [0.29, 0.717) is 18.2 Å². The van der Waals surface area contributed by atoms with Crippen molar-refractivity contribution in [3.05, 3.63) is 44.9 Å². The van der Waals surface area contributed by atoms with E-state index in [9.17, 15) is 18.0 Å². The summed E-state index contributed by atoms with van der Waals surface area (Å²) < 4.78 is 44.0. The van der Waals surface area contributed by atoms with Gasteiger partial charge in [0.1, 0.15) is 5.02 Å². The first-order chi connectivity index (χ1) is 9.84. The molecule has 112 valence electrons. The third-order valence-corrected chi connectivity index (χ3v) is 3.36. The second-order valence-corrected chi connectivity index (χ2v) is 5.24. The first kappa shape index (κ1) is 14.1. The van der Waals surface area contributed by atoms with Gasteiger partial charge in [-0.05, 0) is 18.9 Å². The predicted octanol–water partition coefficient (Wildman–Crippen LogP) is 2.83. The zero-order chi connectivity index (χ0) is 15.2. The molecule has 0 spiro atoms. The number of halogens is 4. The van der Waals surface area contributed by atoms with Gasteiger partial charge in [-0.25, -0.2) is 0 Å². The molecule has 21 heavy (non-hydrogen) atoms. The zero-order valence-corrected chi connectivity index (χ0v) is 11.3. The van der Waals surface area contributed by atoms with Crippen LogP contribution in [-0.4, -0.2) is 14.7 Å². The van der Waals surface area contributed by atoms with E-state index < -0.39 is 22.3 Å².